The highest BCUT2D eigenvalue weighted by molar-refractivity contribution is 5.89. The lowest BCUT2D eigenvalue weighted by molar-refractivity contribution is -0.137. The Hall–Kier alpha value is -3.08. The zero-order chi connectivity index (χ0) is 23.8. The standard InChI is InChI=1S/C30H34N2O3/c1-2-34-28(33)17-27-26(16-21-9-5-3-6-10-21)32(25-11-7-4-8-12-25)31-29(35-27)30-18-22-13-23(19-30)15-24(14-22)20-30/h3-12,17,22-24,26H,2,13-16,18-20H2,1H3/b27-17-/t22?,23?,24?,26-,30?/m0/s1. The smallest absolute Gasteiger partial charge is 0.334 e. The summed E-state index contributed by atoms with van der Waals surface area (Å²) in [5, 5.41) is 7.35. The Morgan fingerprint density at radius 1 is 1.00 bits per heavy atom. The van der Waals surface area contributed by atoms with Gasteiger partial charge in [0, 0.05) is 11.8 Å². The lowest BCUT2D eigenvalue weighted by atomic mass is 9.49. The second-order valence-electron chi connectivity index (χ2n) is 10.9. The molecule has 4 fully saturated rings. The number of hydrazone groups is 1. The fraction of sp³-hybridized carbons (Fsp3) is 0.467. The third-order valence-corrected chi connectivity index (χ3v) is 8.37. The molecule has 35 heavy (non-hydrogen) atoms. The Bertz CT molecular complexity index is 1090. The van der Waals surface area contributed by atoms with Gasteiger partial charge in [-0.05, 0) is 80.9 Å². The van der Waals surface area contributed by atoms with Crippen LogP contribution in [0, 0.1) is 23.2 Å². The van der Waals surface area contributed by atoms with Crippen molar-refractivity contribution < 1.29 is 14.3 Å². The number of para-hydroxylation sites is 1. The van der Waals surface area contributed by atoms with Crippen molar-refractivity contribution in [3.8, 4) is 0 Å². The van der Waals surface area contributed by atoms with Crippen LogP contribution in [0.25, 0.3) is 0 Å². The van der Waals surface area contributed by atoms with E-state index in [4.69, 9.17) is 14.6 Å². The van der Waals surface area contributed by atoms with Crippen LogP contribution < -0.4 is 5.01 Å². The van der Waals surface area contributed by atoms with Crippen molar-refractivity contribution in [2.45, 2.75) is 57.9 Å². The quantitative estimate of drug-likeness (QED) is 0.377. The molecule has 0 unspecified atom stereocenters. The Balaban J connectivity index is 1.44. The summed E-state index contributed by atoms with van der Waals surface area (Å²) in [5.74, 6) is 3.41. The zero-order valence-electron chi connectivity index (χ0n) is 20.4. The van der Waals surface area contributed by atoms with E-state index in [1.54, 1.807) is 6.08 Å². The molecule has 0 N–H and O–H groups in total. The van der Waals surface area contributed by atoms with E-state index in [0.29, 0.717) is 18.8 Å². The van der Waals surface area contributed by atoms with Crippen LogP contribution in [0.1, 0.15) is 51.0 Å². The molecule has 4 bridgehead atoms. The van der Waals surface area contributed by atoms with Crippen molar-refractivity contribution in [1.82, 2.24) is 0 Å². The highest BCUT2D eigenvalue weighted by Crippen LogP contribution is 2.61. The monoisotopic (exact) mass is 470 g/mol. The molecular formula is C30H34N2O3. The molecule has 0 radical (unpaired) electrons. The molecule has 1 aliphatic heterocycles. The largest absolute Gasteiger partial charge is 0.463 e. The molecule has 1 heterocycles. The van der Waals surface area contributed by atoms with Gasteiger partial charge in [-0.15, -0.1) is 5.10 Å². The molecule has 2 aromatic rings. The van der Waals surface area contributed by atoms with Crippen LogP contribution in [0.2, 0.25) is 0 Å². The highest BCUT2D eigenvalue weighted by Gasteiger charge is 2.55. The van der Waals surface area contributed by atoms with E-state index in [1.807, 2.05) is 43.3 Å². The van der Waals surface area contributed by atoms with Gasteiger partial charge in [-0.25, -0.2) is 4.79 Å². The van der Waals surface area contributed by atoms with Gasteiger partial charge < -0.3 is 9.47 Å². The molecular weight excluding hydrogens is 436 g/mol. The molecule has 0 spiro atoms. The summed E-state index contributed by atoms with van der Waals surface area (Å²) >= 11 is 0. The van der Waals surface area contributed by atoms with Gasteiger partial charge in [-0.2, -0.15) is 0 Å². The first-order chi connectivity index (χ1) is 17.1. The first-order valence-electron chi connectivity index (χ1n) is 13.2. The normalized spacial score (nSPS) is 32.3. The second-order valence-corrected chi connectivity index (χ2v) is 10.9. The Kier molecular flexibility index (Phi) is 5.87. The van der Waals surface area contributed by atoms with Crippen molar-refractivity contribution in [2.24, 2.45) is 28.3 Å². The van der Waals surface area contributed by atoms with Crippen LogP contribution in [0.4, 0.5) is 5.69 Å². The van der Waals surface area contributed by atoms with Gasteiger partial charge in [0.1, 0.15) is 11.8 Å². The average Bonchev–Trinajstić information content (AvgIpc) is 2.85. The zero-order valence-corrected chi connectivity index (χ0v) is 20.4. The molecule has 4 aliphatic carbocycles. The fourth-order valence-electron chi connectivity index (χ4n) is 7.34. The average molecular weight is 471 g/mol. The molecule has 0 amide bonds. The fourth-order valence-corrected chi connectivity index (χ4v) is 7.34. The molecule has 5 nitrogen and oxygen atoms in total. The molecule has 0 aromatic heterocycles. The predicted octanol–water partition coefficient (Wildman–Crippen LogP) is 6.11. The van der Waals surface area contributed by atoms with E-state index < -0.39 is 0 Å². The van der Waals surface area contributed by atoms with Gasteiger partial charge in [0.2, 0.25) is 5.90 Å². The highest BCUT2D eigenvalue weighted by atomic mass is 16.5. The summed E-state index contributed by atoms with van der Waals surface area (Å²) in [6, 6.07) is 20.4. The van der Waals surface area contributed by atoms with Crippen molar-refractivity contribution >= 4 is 17.6 Å². The number of hydrogen-bond donors (Lipinski definition) is 0. The van der Waals surface area contributed by atoms with Gasteiger partial charge in [-0.3, -0.25) is 5.01 Å². The molecule has 5 aliphatic rings. The van der Waals surface area contributed by atoms with Gasteiger partial charge >= 0.3 is 5.97 Å². The lowest BCUT2D eigenvalue weighted by Crippen LogP contribution is -2.53. The number of carbonyl (C=O) groups is 1. The molecule has 0 saturated heterocycles. The van der Waals surface area contributed by atoms with Crippen LogP contribution in [-0.4, -0.2) is 24.5 Å². The third-order valence-electron chi connectivity index (χ3n) is 8.37. The van der Waals surface area contributed by atoms with Crippen molar-refractivity contribution in [2.75, 3.05) is 11.6 Å². The predicted molar refractivity (Wildman–Crippen MR) is 137 cm³/mol. The van der Waals surface area contributed by atoms with Gasteiger partial charge in [0.25, 0.3) is 0 Å². The van der Waals surface area contributed by atoms with E-state index in [-0.39, 0.29) is 17.4 Å². The molecule has 4 saturated carbocycles. The Labute approximate surface area is 207 Å². The maximum atomic E-state index is 12.7. The van der Waals surface area contributed by atoms with E-state index >= 15 is 0 Å². The topological polar surface area (TPSA) is 51.1 Å². The summed E-state index contributed by atoms with van der Waals surface area (Å²) in [4.78, 5) is 12.7. The van der Waals surface area contributed by atoms with Gasteiger partial charge in [-0.1, -0.05) is 48.5 Å². The molecule has 5 heteroatoms. The van der Waals surface area contributed by atoms with E-state index in [0.717, 1.165) is 48.6 Å². The first-order valence-corrected chi connectivity index (χ1v) is 13.2. The minimum Gasteiger partial charge on any atom is -0.463 e. The SMILES string of the molecule is CCOC(=O)/C=C1\OC(C23CC4CC(CC(C4)C2)C3)=NN(c2ccccc2)[C@H]1Cc1ccccc1. The number of ether oxygens (including phenoxy) is 2. The van der Waals surface area contributed by atoms with Crippen LogP contribution in [-0.2, 0) is 20.7 Å². The number of rotatable bonds is 6. The number of anilines is 1. The molecule has 1 atom stereocenters. The van der Waals surface area contributed by atoms with Crippen LogP contribution in [0.3, 0.4) is 0 Å². The van der Waals surface area contributed by atoms with E-state index in [2.05, 4.69) is 29.3 Å². The van der Waals surface area contributed by atoms with Crippen molar-refractivity contribution in [3.63, 3.8) is 0 Å². The minimum atomic E-state index is -0.361. The number of nitrogens with zero attached hydrogens (tertiary/aromatic N) is 2. The van der Waals surface area contributed by atoms with Gasteiger partial charge in [0.15, 0.2) is 0 Å². The Morgan fingerprint density at radius 2 is 1.60 bits per heavy atom. The number of esters is 1. The second kappa shape index (κ2) is 9.18. The number of carbonyl (C=O) groups excluding carboxylic acids is 1. The van der Waals surface area contributed by atoms with Crippen LogP contribution >= 0.6 is 0 Å². The lowest BCUT2D eigenvalue weighted by Gasteiger charge is -2.57. The van der Waals surface area contributed by atoms with E-state index in [1.165, 1.54) is 24.8 Å². The summed E-state index contributed by atoms with van der Waals surface area (Å²) < 4.78 is 12.0. The third kappa shape index (κ3) is 4.37. The summed E-state index contributed by atoms with van der Waals surface area (Å²) in [5.41, 5.74) is 2.16. The van der Waals surface area contributed by atoms with Crippen molar-refractivity contribution in [1.29, 1.82) is 0 Å². The molecule has 182 valence electrons. The van der Waals surface area contributed by atoms with Crippen LogP contribution in [0.15, 0.2) is 77.6 Å². The summed E-state index contributed by atoms with van der Waals surface area (Å²) in [6.07, 6.45) is 9.76. The van der Waals surface area contributed by atoms with Crippen LogP contribution in [0.5, 0.6) is 0 Å². The Morgan fingerprint density at radius 3 is 2.20 bits per heavy atom. The molecule has 7 rings (SSSR count). The first kappa shape index (κ1) is 22.4. The van der Waals surface area contributed by atoms with Crippen molar-refractivity contribution in [3.05, 3.63) is 78.1 Å². The number of hydrogen-bond acceptors (Lipinski definition) is 5. The maximum absolute atomic E-state index is 12.7. The van der Waals surface area contributed by atoms with Gasteiger partial charge in [0.05, 0.1) is 18.4 Å². The van der Waals surface area contributed by atoms with E-state index in [9.17, 15) is 4.79 Å². The minimum absolute atomic E-state index is 0.0206. The maximum Gasteiger partial charge on any atom is 0.334 e. The molecule has 2 aromatic carbocycles. The number of benzene rings is 2. The summed E-state index contributed by atoms with van der Waals surface area (Å²) in [7, 11) is 0. The summed E-state index contributed by atoms with van der Waals surface area (Å²) in [6.45, 7) is 2.17.